The topological polar surface area (TPSA) is 71.8 Å². The highest BCUT2D eigenvalue weighted by Gasteiger charge is 2.33. The number of carbonyl (C=O) groups excluding carboxylic acids is 1. The van der Waals surface area contributed by atoms with E-state index in [1.54, 1.807) is 16.4 Å². The van der Waals surface area contributed by atoms with Gasteiger partial charge < -0.3 is 10.6 Å². The Bertz CT molecular complexity index is 1100. The molecule has 2 N–H and O–H groups in total. The van der Waals surface area contributed by atoms with Crippen molar-refractivity contribution in [2.75, 3.05) is 16.9 Å². The Balaban J connectivity index is 1.75. The minimum atomic E-state index is -0.351. The summed E-state index contributed by atoms with van der Waals surface area (Å²) < 4.78 is 1.76. The van der Waals surface area contributed by atoms with Gasteiger partial charge in [-0.25, -0.2) is 4.68 Å². The summed E-state index contributed by atoms with van der Waals surface area (Å²) in [4.78, 5) is 18.8. The third-order valence-corrected chi connectivity index (χ3v) is 5.84. The van der Waals surface area contributed by atoms with Gasteiger partial charge in [-0.3, -0.25) is 4.79 Å². The SMILES string of the molecule is CSc1ccc([C@@H]2C(C(=O)Nc3ccc(C)cc3C)=C(C)Nc3ncnn32)cc1. The number of hydrogen-bond acceptors (Lipinski definition) is 5. The van der Waals surface area contributed by atoms with Gasteiger partial charge in [-0.2, -0.15) is 10.1 Å². The highest BCUT2D eigenvalue weighted by Crippen LogP contribution is 2.36. The third-order valence-electron chi connectivity index (χ3n) is 5.10. The molecule has 7 heteroatoms. The van der Waals surface area contributed by atoms with Crippen LogP contribution in [0.4, 0.5) is 11.6 Å². The van der Waals surface area contributed by atoms with Crippen molar-refractivity contribution in [2.24, 2.45) is 0 Å². The smallest absolute Gasteiger partial charge is 0.255 e. The standard InChI is InChI=1S/C22H23N5OS/c1-13-5-10-18(14(2)11-13)26-21(28)19-15(3)25-22-23-12-24-27(22)20(19)16-6-8-17(29-4)9-7-16/h5-12,20H,1-4H3,(H,26,28)(H,23,24,25)/t20-/m1/s1. The fourth-order valence-electron chi connectivity index (χ4n) is 3.62. The Morgan fingerprint density at radius 2 is 1.90 bits per heavy atom. The lowest BCUT2D eigenvalue weighted by molar-refractivity contribution is -0.113. The number of nitrogens with one attached hydrogen (secondary N) is 2. The molecule has 148 valence electrons. The van der Waals surface area contributed by atoms with Gasteiger partial charge in [0.25, 0.3) is 5.91 Å². The highest BCUT2D eigenvalue weighted by molar-refractivity contribution is 7.98. The zero-order valence-electron chi connectivity index (χ0n) is 16.9. The lowest BCUT2D eigenvalue weighted by Gasteiger charge is -2.29. The van der Waals surface area contributed by atoms with Gasteiger partial charge in [-0.1, -0.05) is 29.8 Å². The second-order valence-electron chi connectivity index (χ2n) is 7.14. The van der Waals surface area contributed by atoms with Crippen molar-refractivity contribution >= 4 is 29.3 Å². The zero-order valence-corrected chi connectivity index (χ0v) is 17.7. The molecular formula is C22H23N5OS. The molecule has 0 bridgehead atoms. The maximum absolute atomic E-state index is 13.4. The average molecular weight is 406 g/mol. The molecule has 1 aromatic heterocycles. The molecule has 0 fully saturated rings. The first-order chi connectivity index (χ1) is 14.0. The molecule has 1 aliphatic rings. The Morgan fingerprint density at radius 3 is 2.59 bits per heavy atom. The number of hydrogen-bond donors (Lipinski definition) is 2. The molecular weight excluding hydrogens is 382 g/mol. The van der Waals surface area contributed by atoms with Crippen LogP contribution in [0.5, 0.6) is 0 Å². The van der Waals surface area contributed by atoms with E-state index in [0.29, 0.717) is 11.5 Å². The van der Waals surface area contributed by atoms with Crippen molar-refractivity contribution in [2.45, 2.75) is 31.7 Å². The lowest BCUT2D eigenvalue weighted by Crippen LogP contribution is -2.31. The number of allylic oxidation sites excluding steroid dienone is 1. The van der Waals surface area contributed by atoms with E-state index in [1.165, 1.54) is 11.2 Å². The normalized spacial score (nSPS) is 15.7. The molecule has 6 nitrogen and oxygen atoms in total. The molecule has 2 heterocycles. The van der Waals surface area contributed by atoms with Crippen LogP contribution >= 0.6 is 11.8 Å². The monoisotopic (exact) mass is 405 g/mol. The molecule has 1 aliphatic heterocycles. The predicted octanol–water partition coefficient (Wildman–Crippen LogP) is 4.54. The number of rotatable bonds is 4. The maximum Gasteiger partial charge on any atom is 0.255 e. The highest BCUT2D eigenvalue weighted by atomic mass is 32.2. The first kappa shape index (κ1) is 19.3. The number of amides is 1. The second-order valence-corrected chi connectivity index (χ2v) is 8.02. The Morgan fingerprint density at radius 1 is 1.14 bits per heavy atom. The van der Waals surface area contributed by atoms with Gasteiger partial charge in [0.2, 0.25) is 5.95 Å². The summed E-state index contributed by atoms with van der Waals surface area (Å²) in [7, 11) is 0. The summed E-state index contributed by atoms with van der Waals surface area (Å²) >= 11 is 1.69. The maximum atomic E-state index is 13.4. The van der Waals surface area contributed by atoms with E-state index in [1.807, 2.05) is 51.3 Å². The van der Waals surface area contributed by atoms with Crippen molar-refractivity contribution in [3.8, 4) is 0 Å². The fourth-order valence-corrected chi connectivity index (χ4v) is 4.03. The van der Waals surface area contributed by atoms with Crippen molar-refractivity contribution in [1.29, 1.82) is 0 Å². The minimum absolute atomic E-state index is 0.151. The molecule has 0 saturated carbocycles. The largest absolute Gasteiger partial charge is 0.328 e. The third kappa shape index (κ3) is 3.65. The van der Waals surface area contributed by atoms with Gasteiger partial charge in [0.05, 0.1) is 5.57 Å². The molecule has 1 atom stereocenters. The van der Waals surface area contributed by atoms with Crippen LogP contribution in [0.1, 0.15) is 29.7 Å². The summed E-state index contributed by atoms with van der Waals surface area (Å²) in [6.45, 7) is 5.94. The number of anilines is 2. The van der Waals surface area contributed by atoms with Crippen molar-refractivity contribution in [3.63, 3.8) is 0 Å². The van der Waals surface area contributed by atoms with Gasteiger partial charge >= 0.3 is 0 Å². The molecule has 29 heavy (non-hydrogen) atoms. The van der Waals surface area contributed by atoms with E-state index in [0.717, 1.165) is 28.1 Å². The number of aromatic nitrogens is 3. The first-order valence-corrected chi connectivity index (χ1v) is 10.6. The molecule has 0 unspecified atom stereocenters. The summed E-state index contributed by atoms with van der Waals surface area (Å²) in [5, 5.41) is 10.7. The number of carbonyl (C=O) groups is 1. The van der Waals surface area contributed by atoms with Gasteiger partial charge in [0.1, 0.15) is 12.4 Å². The van der Waals surface area contributed by atoms with Gasteiger partial charge in [0.15, 0.2) is 0 Å². The van der Waals surface area contributed by atoms with Crippen molar-refractivity contribution in [1.82, 2.24) is 14.8 Å². The summed E-state index contributed by atoms with van der Waals surface area (Å²) in [5.74, 6) is 0.478. The van der Waals surface area contributed by atoms with Crippen LogP contribution in [0.15, 0.2) is 65.0 Å². The predicted molar refractivity (Wildman–Crippen MR) is 117 cm³/mol. The molecule has 4 rings (SSSR count). The van der Waals surface area contributed by atoms with E-state index in [4.69, 9.17) is 0 Å². The Hall–Kier alpha value is -3.06. The van der Waals surface area contributed by atoms with Crippen LogP contribution < -0.4 is 10.6 Å². The number of benzene rings is 2. The Labute approximate surface area is 174 Å². The van der Waals surface area contributed by atoms with Crippen LogP contribution in [0, 0.1) is 13.8 Å². The number of nitrogens with zero attached hydrogens (tertiary/aromatic N) is 3. The molecule has 0 saturated heterocycles. The van der Waals surface area contributed by atoms with Crippen LogP contribution in [-0.4, -0.2) is 26.9 Å². The van der Waals surface area contributed by atoms with Crippen LogP contribution in [-0.2, 0) is 4.79 Å². The van der Waals surface area contributed by atoms with Crippen LogP contribution in [0.2, 0.25) is 0 Å². The van der Waals surface area contributed by atoms with E-state index in [2.05, 4.69) is 38.9 Å². The molecule has 3 aromatic rings. The molecule has 0 aliphatic carbocycles. The number of aryl methyl sites for hydroxylation is 2. The van der Waals surface area contributed by atoms with E-state index in [-0.39, 0.29) is 11.9 Å². The van der Waals surface area contributed by atoms with E-state index < -0.39 is 0 Å². The zero-order chi connectivity index (χ0) is 20.5. The summed E-state index contributed by atoms with van der Waals surface area (Å²) in [5.41, 5.74) is 5.38. The van der Waals surface area contributed by atoms with E-state index >= 15 is 0 Å². The summed E-state index contributed by atoms with van der Waals surface area (Å²) in [6.07, 6.45) is 3.55. The number of fused-ring (bicyclic) bond motifs is 1. The van der Waals surface area contributed by atoms with Crippen LogP contribution in [0.3, 0.4) is 0 Å². The average Bonchev–Trinajstić information content (AvgIpc) is 3.17. The van der Waals surface area contributed by atoms with E-state index in [9.17, 15) is 4.79 Å². The van der Waals surface area contributed by atoms with Gasteiger partial charge in [0, 0.05) is 16.3 Å². The van der Waals surface area contributed by atoms with Gasteiger partial charge in [-0.05, 0) is 56.4 Å². The molecule has 1 amide bonds. The fraction of sp³-hybridized carbons (Fsp3) is 0.227. The van der Waals surface area contributed by atoms with Crippen LogP contribution in [0.25, 0.3) is 0 Å². The molecule has 0 radical (unpaired) electrons. The quantitative estimate of drug-likeness (QED) is 0.624. The lowest BCUT2D eigenvalue weighted by atomic mass is 9.95. The van der Waals surface area contributed by atoms with Gasteiger partial charge in [-0.15, -0.1) is 11.8 Å². The minimum Gasteiger partial charge on any atom is -0.328 e. The van der Waals surface area contributed by atoms with Crippen molar-refractivity contribution in [3.05, 3.63) is 76.8 Å². The second kappa shape index (κ2) is 7.75. The Kier molecular flexibility index (Phi) is 5.15. The first-order valence-electron chi connectivity index (χ1n) is 9.38. The molecule has 2 aromatic carbocycles. The molecule has 0 spiro atoms. The van der Waals surface area contributed by atoms with Crippen molar-refractivity contribution < 1.29 is 4.79 Å². The number of thioether (sulfide) groups is 1. The summed E-state index contributed by atoms with van der Waals surface area (Å²) in [6, 6.07) is 13.9.